The van der Waals surface area contributed by atoms with Gasteiger partial charge >= 0.3 is 0 Å². The summed E-state index contributed by atoms with van der Waals surface area (Å²) in [5, 5.41) is 0. The molecule has 2 heterocycles. The molecule has 2 rings (SSSR count). The van der Waals surface area contributed by atoms with E-state index in [0.29, 0.717) is 5.95 Å². The molecule has 0 saturated carbocycles. The van der Waals surface area contributed by atoms with E-state index in [2.05, 4.69) is 14.9 Å². The third kappa shape index (κ3) is 2.37. The maximum absolute atomic E-state index is 5.62. The Hall–Kier alpha value is -1.32. The van der Waals surface area contributed by atoms with E-state index >= 15 is 0 Å². The molecule has 4 nitrogen and oxygen atoms in total. The van der Waals surface area contributed by atoms with Crippen molar-refractivity contribution in [2.24, 2.45) is 0 Å². The van der Waals surface area contributed by atoms with Crippen LogP contribution in [0.2, 0.25) is 0 Å². The summed E-state index contributed by atoms with van der Waals surface area (Å²) < 4.78 is 0. The van der Waals surface area contributed by atoms with E-state index in [4.69, 9.17) is 5.73 Å². The van der Waals surface area contributed by atoms with Crippen molar-refractivity contribution in [2.75, 3.05) is 23.7 Å². The molecule has 82 valence electrons. The number of aromatic nitrogens is 2. The van der Waals surface area contributed by atoms with Gasteiger partial charge in [0.1, 0.15) is 5.82 Å². The summed E-state index contributed by atoms with van der Waals surface area (Å²) in [4.78, 5) is 10.7. The number of nitrogens with zero attached hydrogens (tertiary/aromatic N) is 3. The van der Waals surface area contributed by atoms with Crippen LogP contribution in [0.3, 0.4) is 0 Å². The SMILES string of the molecule is Cc1cnc(N)nc1N1CCCCCC1. The second-order valence-corrected chi connectivity index (χ2v) is 4.14. The lowest BCUT2D eigenvalue weighted by Gasteiger charge is -2.22. The van der Waals surface area contributed by atoms with Gasteiger partial charge in [-0.1, -0.05) is 12.8 Å². The molecule has 0 bridgehead atoms. The minimum absolute atomic E-state index is 0.375. The fourth-order valence-corrected chi connectivity index (χ4v) is 2.05. The number of aryl methyl sites for hydroxylation is 1. The lowest BCUT2D eigenvalue weighted by Crippen LogP contribution is -2.26. The van der Waals surface area contributed by atoms with Crippen molar-refractivity contribution in [1.29, 1.82) is 0 Å². The molecule has 1 aliphatic heterocycles. The highest BCUT2D eigenvalue weighted by Gasteiger charge is 2.13. The first kappa shape index (κ1) is 10.2. The van der Waals surface area contributed by atoms with Gasteiger partial charge in [-0.15, -0.1) is 0 Å². The second-order valence-electron chi connectivity index (χ2n) is 4.14. The van der Waals surface area contributed by atoms with Gasteiger partial charge in [-0.05, 0) is 19.8 Å². The van der Waals surface area contributed by atoms with Crippen LogP contribution >= 0.6 is 0 Å². The normalized spacial score (nSPS) is 17.5. The molecule has 0 aliphatic carbocycles. The zero-order valence-electron chi connectivity index (χ0n) is 9.24. The van der Waals surface area contributed by atoms with E-state index in [-0.39, 0.29) is 0 Å². The summed E-state index contributed by atoms with van der Waals surface area (Å²) in [7, 11) is 0. The highest BCUT2D eigenvalue weighted by Crippen LogP contribution is 2.20. The molecular formula is C11H18N4. The van der Waals surface area contributed by atoms with E-state index in [1.54, 1.807) is 0 Å². The van der Waals surface area contributed by atoms with Crippen molar-refractivity contribution in [1.82, 2.24) is 9.97 Å². The van der Waals surface area contributed by atoms with E-state index in [1.807, 2.05) is 13.1 Å². The topological polar surface area (TPSA) is 55.0 Å². The minimum Gasteiger partial charge on any atom is -0.368 e. The standard InChI is InChI=1S/C11H18N4/c1-9-8-13-11(12)14-10(9)15-6-4-2-3-5-7-15/h8H,2-7H2,1H3,(H2,12,13,14). The number of hydrogen-bond acceptors (Lipinski definition) is 4. The molecule has 1 saturated heterocycles. The van der Waals surface area contributed by atoms with Crippen LogP contribution in [0.5, 0.6) is 0 Å². The van der Waals surface area contributed by atoms with Crippen LogP contribution in [0, 0.1) is 6.92 Å². The van der Waals surface area contributed by atoms with Gasteiger partial charge in [-0.25, -0.2) is 4.98 Å². The molecule has 1 fully saturated rings. The molecule has 0 aromatic carbocycles. The van der Waals surface area contributed by atoms with Crippen LogP contribution in [0.1, 0.15) is 31.2 Å². The third-order valence-corrected chi connectivity index (χ3v) is 2.87. The Morgan fingerprint density at radius 1 is 1.20 bits per heavy atom. The number of anilines is 2. The average Bonchev–Trinajstić information content (AvgIpc) is 2.50. The number of nitrogens with two attached hydrogens (primary N) is 1. The molecule has 0 unspecified atom stereocenters. The summed E-state index contributed by atoms with van der Waals surface area (Å²) in [5.41, 5.74) is 6.74. The van der Waals surface area contributed by atoms with Crippen LogP contribution in [-0.2, 0) is 0 Å². The first-order valence-electron chi connectivity index (χ1n) is 5.61. The smallest absolute Gasteiger partial charge is 0.221 e. The van der Waals surface area contributed by atoms with E-state index < -0.39 is 0 Å². The third-order valence-electron chi connectivity index (χ3n) is 2.87. The number of nitrogen functional groups attached to an aromatic ring is 1. The first-order chi connectivity index (χ1) is 7.27. The van der Waals surface area contributed by atoms with Crippen LogP contribution in [0.15, 0.2) is 6.20 Å². The quantitative estimate of drug-likeness (QED) is 0.760. The van der Waals surface area contributed by atoms with Gasteiger partial charge < -0.3 is 10.6 Å². The molecule has 0 spiro atoms. The molecule has 0 atom stereocenters. The molecule has 2 N–H and O–H groups in total. The lowest BCUT2D eigenvalue weighted by molar-refractivity contribution is 0.726. The van der Waals surface area contributed by atoms with E-state index in [0.717, 1.165) is 24.5 Å². The predicted octanol–water partition coefficient (Wildman–Crippen LogP) is 1.75. The summed E-state index contributed by atoms with van der Waals surface area (Å²) in [6, 6.07) is 0. The fraction of sp³-hybridized carbons (Fsp3) is 0.636. The van der Waals surface area contributed by atoms with Crippen molar-refractivity contribution in [2.45, 2.75) is 32.6 Å². The highest BCUT2D eigenvalue weighted by molar-refractivity contribution is 5.47. The Morgan fingerprint density at radius 3 is 2.53 bits per heavy atom. The van der Waals surface area contributed by atoms with Gasteiger partial charge in [-0.2, -0.15) is 4.98 Å². The van der Waals surface area contributed by atoms with Crippen molar-refractivity contribution < 1.29 is 0 Å². The second kappa shape index (κ2) is 4.47. The Morgan fingerprint density at radius 2 is 1.87 bits per heavy atom. The molecule has 15 heavy (non-hydrogen) atoms. The van der Waals surface area contributed by atoms with Gasteiger partial charge in [-0.3, -0.25) is 0 Å². The minimum atomic E-state index is 0.375. The molecule has 4 heteroatoms. The summed E-state index contributed by atoms with van der Waals surface area (Å²) in [6.07, 6.45) is 6.97. The summed E-state index contributed by atoms with van der Waals surface area (Å²) >= 11 is 0. The monoisotopic (exact) mass is 206 g/mol. The molecule has 1 aliphatic rings. The van der Waals surface area contributed by atoms with Crippen molar-refractivity contribution >= 4 is 11.8 Å². The van der Waals surface area contributed by atoms with Crippen LogP contribution in [0.25, 0.3) is 0 Å². The fourth-order valence-electron chi connectivity index (χ4n) is 2.05. The van der Waals surface area contributed by atoms with E-state index in [1.165, 1.54) is 25.7 Å². The molecule has 1 aromatic heterocycles. The Bertz CT molecular complexity index is 329. The van der Waals surface area contributed by atoms with Gasteiger partial charge in [0.2, 0.25) is 5.95 Å². The van der Waals surface area contributed by atoms with Crippen molar-refractivity contribution in [3.05, 3.63) is 11.8 Å². The van der Waals surface area contributed by atoms with Crippen molar-refractivity contribution in [3.8, 4) is 0 Å². The van der Waals surface area contributed by atoms with E-state index in [9.17, 15) is 0 Å². The van der Waals surface area contributed by atoms with Gasteiger partial charge in [0.05, 0.1) is 0 Å². The maximum atomic E-state index is 5.62. The highest BCUT2D eigenvalue weighted by atomic mass is 15.2. The first-order valence-corrected chi connectivity index (χ1v) is 5.61. The number of rotatable bonds is 1. The van der Waals surface area contributed by atoms with Gasteiger partial charge in [0, 0.05) is 24.8 Å². The maximum Gasteiger partial charge on any atom is 0.221 e. The van der Waals surface area contributed by atoms with Crippen molar-refractivity contribution in [3.63, 3.8) is 0 Å². The lowest BCUT2D eigenvalue weighted by atomic mass is 10.2. The number of hydrogen-bond donors (Lipinski definition) is 1. The van der Waals surface area contributed by atoms with Crippen LogP contribution < -0.4 is 10.6 Å². The Labute approximate surface area is 90.5 Å². The Kier molecular flexibility index (Phi) is 3.04. The predicted molar refractivity (Wildman–Crippen MR) is 61.9 cm³/mol. The molecule has 1 aromatic rings. The average molecular weight is 206 g/mol. The summed E-state index contributed by atoms with van der Waals surface area (Å²) in [6.45, 7) is 4.23. The molecule has 0 amide bonds. The van der Waals surface area contributed by atoms with Crippen LogP contribution in [0.4, 0.5) is 11.8 Å². The zero-order valence-corrected chi connectivity index (χ0v) is 9.24. The zero-order chi connectivity index (χ0) is 10.7. The summed E-state index contributed by atoms with van der Waals surface area (Å²) in [5.74, 6) is 1.39. The van der Waals surface area contributed by atoms with Crippen LogP contribution in [-0.4, -0.2) is 23.1 Å². The van der Waals surface area contributed by atoms with Gasteiger partial charge in [0.25, 0.3) is 0 Å². The largest absolute Gasteiger partial charge is 0.368 e. The molecule has 0 radical (unpaired) electrons. The Balaban J connectivity index is 2.22. The molecular weight excluding hydrogens is 188 g/mol. The van der Waals surface area contributed by atoms with Gasteiger partial charge in [0.15, 0.2) is 0 Å².